The molecule has 0 atom stereocenters. The van der Waals surface area contributed by atoms with Crippen molar-refractivity contribution in [1.82, 2.24) is 0 Å². The van der Waals surface area contributed by atoms with Gasteiger partial charge in [0.25, 0.3) is 0 Å². The number of hydrogen-bond acceptors (Lipinski definition) is 0. The van der Waals surface area contributed by atoms with Crippen LogP contribution in [0.3, 0.4) is 0 Å². The first kappa shape index (κ1) is 9.52. The molecule has 12 heavy (non-hydrogen) atoms. The number of rotatable bonds is 2. The van der Waals surface area contributed by atoms with E-state index < -0.39 is 0 Å². The predicted octanol–water partition coefficient (Wildman–Crippen LogP) is 3.88. The normalized spacial score (nSPS) is 10.5. The first-order chi connectivity index (χ1) is 5.75. The highest BCUT2D eigenvalue weighted by molar-refractivity contribution is 14.1. The van der Waals surface area contributed by atoms with Crippen LogP contribution in [0.1, 0.15) is 12.5 Å². The van der Waals surface area contributed by atoms with Crippen molar-refractivity contribution in [3.8, 4) is 0 Å². The van der Waals surface area contributed by atoms with Crippen molar-refractivity contribution in [3.05, 3.63) is 52.1 Å². The third kappa shape index (κ3) is 2.21. The molecule has 0 saturated heterocycles. The Bertz CT molecular complexity index is 311. The molecule has 0 aromatic heterocycles. The molecule has 0 saturated carbocycles. The second-order valence-electron chi connectivity index (χ2n) is 2.51. The molecule has 1 aromatic carbocycles. The Morgan fingerprint density at radius 1 is 1.42 bits per heavy atom. The average Bonchev–Trinajstić information content (AvgIpc) is 2.05. The van der Waals surface area contributed by atoms with E-state index in [1.54, 1.807) is 0 Å². The van der Waals surface area contributed by atoms with Crippen molar-refractivity contribution in [1.29, 1.82) is 0 Å². The summed E-state index contributed by atoms with van der Waals surface area (Å²) in [6.45, 7) is 5.98. The third-order valence-electron chi connectivity index (χ3n) is 1.59. The van der Waals surface area contributed by atoms with Crippen LogP contribution in [-0.4, -0.2) is 0 Å². The SMILES string of the molecule is C=C(/C=C\C)c1ccccc1I. The van der Waals surface area contributed by atoms with Crippen LogP contribution in [0.15, 0.2) is 43.0 Å². The molecule has 0 heterocycles. The Morgan fingerprint density at radius 3 is 2.67 bits per heavy atom. The molecule has 0 aliphatic rings. The van der Waals surface area contributed by atoms with Gasteiger partial charge in [-0.25, -0.2) is 0 Å². The highest BCUT2D eigenvalue weighted by atomic mass is 127. The van der Waals surface area contributed by atoms with Crippen LogP contribution in [0.2, 0.25) is 0 Å². The van der Waals surface area contributed by atoms with Crippen LogP contribution < -0.4 is 0 Å². The molecule has 62 valence electrons. The van der Waals surface area contributed by atoms with E-state index in [1.807, 2.05) is 31.2 Å². The largest absolute Gasteiger partial charge is 0.0911 e. The van der Waals surface area contributed by atoms with Crippen molar-refractivity contribution in [2.24, 2.45) is 0 Å². The van der Waals surface area contributed by atoms with Crippen molar-refractivity contribution in [3.63, 3.8) is 0 Å². The summed E-state index contributed by atoms with van der Waals surface area (Å²) in [4.78, 5) is 0. The zero-order chi connectivity index (χ0) is 8.97. The van der Waals surface area contributed by atoms with Crippen molar-refractivity contribution < 1.29 is 0 Å². The number of hydrogen-bond donors (Lipinski definition) is 0. The van der Waals surface area contributed by atoms with Gasteiger partial charge in [0.2, 0.25) is 0 Å². The van der Waals surface area contributed by atoms with Gasteiger partial charge in [-0.05, 0) is 46.7 Å². The molecule has 0 N–H and O–H groups in total. The van der Waals surface area contributed by atoms with Gasteiger partial charge >= 0.3 is 0 Å². The highest BCUT2D eigenvalue weighted by Crippen LogP contribution is 2.19. The summed E-state index contributed by atoms with van der Waals surface area (Å²) >= 11 is 2.32. The molecular weight excluding hydrogens is 259 g/mol. The van der Waals surface area contributed by atoms with Crippen LogP contribution in [0.25, 0.3) is 5.57 Å². The van der Waals surface area contributed by atoms with Gasteiger partial charge in [-0.3, -0.25) is 0 Å². The number of allylic oxidation sites excluding steroid dienone is 3. The fourth-order valence-electron chi connectivity index (χ4n) is 1.01. The molecule has 0 spiro atoms. The van der Waals surface area contributed by atoms with Crippen molar-refractivity contribution >= 4 is 28.2 Å². The maximum absolute atomic E-state index is 3.98. The smallest absolute Gasteiger partial charge is 0.0208 e. The molecule has 0 aliphatic heterocycles. The van der Waals surface area contributed by atoms with Crippen LogP contribution in [-0.2, 0) is 0 Å². The third-order valence-corrected chi connectivity index (χ3v) is 2.53. The van der Waals surface area contributed by atoms with Gasteiger partial charge in [-0.1, -0.05) is 36.9 Å². The number of halogens is 1. The van der Waals surface area contributed by atoms with E-state index in [0.717, 1.165) is 5.57 Å². The van der Waals surface area contributed by atoms with Gasteiger partial charge in [-0.2, -0.15) is 0 Å². The Balaban J connectivity index is 3.03. The summed E-state index contributed by atoms with van der Waals surface area (Å²) in [6, 6.07) is 8.25. The Kier molecular flexibility index (Phi) is 3.53. The lowest BCUT2D eigenvalue weighted by atomic mass is 10.1. The molecule has 0 bridgehead atoms. The molecule has 0 fully saturated rings. The summed E-state index contributed by atoms with van der Waals surface area (Å²) in [6.07, 6.45) is 4.03. The average molecular weight is 270 g/mol. The molecular formula is C11H11I. The number of benzene rings is 1. The Hall–Kier alpha value is -0.570. The zero-order valence-corrected chi connectivity index (χ0v) is 9.21. The van der Waals surface area contributed by atoms with Gasteiger partial charge < -0.3 is 0 Å². The monoisotopic (exact) mass is 270 g/mol. The van der Waals surface area contributed by atoms with E-state index in [-0.39, 0.29) is 0 Å². The first-order valence-electron chi connectivity index (χ1n) is 3.82. The van der Waals surface area contributed by atoms with Gasteiger partial charge in [0.1, 0.15) is 0 Å². The molecule has 0 aliphatic carbocycles. The minimum absolute atomic E-state index is 1.07. The molecule has 0 unspecified atom stereocenters. The zero-order valence-electron chi connectivity index (χ0n) is 7.05. The highest BCUT2D eigenvalue weighted by Gasteiger charge is 1.98. The van der Waals surface area contributed by atoms with E-state index in [4.69, 9.17) is 0 Å². The Morgan fingerprint density at radius 2 is 2.08 bits per heavy atom. The van der Waals surface area contributed by atoms with Crippen LogP contribution in [0.5, 0.6) is 0 Å². The fraction of sp³-hybridized carbons (Fsp3) is 0.0909. The van der Waals surface area contributed by atoms with Crippen LogP contribution in [0, 0.1) is 3.57 Å². The summed E-state index contributed by atoms with van der Waals surface area (Å²) in [7, 11) is 0. The fourth-order valence-corrected chi connectivity index (χ4v) is 1.75. The molecule has 1 aromatic rings. The van der Waals surface area contributed by atoms with Crippen molar-refractivity contribution in [2.75, 3.05) is 0 Å². The second kappa shape index (κ2) is 4.45. The standard InChI is InChI=1S/C11H11I/c1-3-6-9(2)10-7-4-5-8-11(10)12/h3-8H,2H2,1H3/b6-3-. The summed E-state index contributed by atoms with van der Waals surface area (Å²) < 4.78 is 1.25. The lowest BCUT2D eigenvalue weighted by molar-refractivity contribution is 1.56. The van der Waals surface area contributed by atoms with Gasteiger partial charge in [0.05, 0.1) is 0 Å². The van der Waals surface area contributed by atoms with E-state index >= 15 is 0 Å². The van der Waals surface area contributed by atoms with E-state index in [2.05, 4.69) is 41.3 Å². The van der Waals surface area contributed by atoms with Gasteiger partial charge in [-0.15, -0.1) is 0 Å². The van der Waals surface area contributed by atoms with E-state index in [9.17, 15) is 0 Å². The molecule has 1 rings (SSSR count). The predicted molar refractivity (Wildman–Crippen MR) is 63.0 cm³/mol. The van der Waals surface area contributed by atoms with Gasteiger partial charge in [0, 0.05) is 3.57 Å². The first-order valence-corrected chi connectivity index (χ1v) is 4.90. The van der Waals surface area contributed by atoms with Crippen molar-refractivity contribution in [2.45, 2.75) is 6.92 Å². The minimum Gasteiger partial charge on any atom is -0.0911 e. The summed E-state index contributed by atoms with van der Waals surface area (Å²) in [5.41, 5.74) is 2.29. The second-order valence-corrected chi connectivity index (χ2v) is 3.67. The molecule has 0 radical (unpaired) electrons. The van der Waals surface area contributed by atoms with Gasteiger partial charge in [0.15, 0.2) is 0 Å². The quantitative estimate of drug-likeness (QED) is 0.565. The van der Waals surface area contributed by atoms with Crippen LogP contribution in [0.4, 0.5) is 0 Å². The van der Waals surface area contributed by atoms with E-state index in [0.29, 0.717) is 0 Å². The van der Waals surface area contributed by atoms with E-state index in [1.165, 1.54) is 9.13 Å². The summed E-state index contributed by atoms with van der Waals surface area (Å²) in [5.74, 6) is 0. The van der Waals surface area contributed by atoms with Crippen LogP contribution >= 0.6 is 22.6 Å². The lowest BCUT2D eigenvalue weighted by Crippen LogP contribution is -1.82. The summed E-state index contributed by atoms with van der Waals surface area (Å²) in [5, 5.41) is 0. The maximum atomic E-state index is 3.98. The Labute approximate surface area is 87.1 Å². The minimum atomic E-state index is 1.07. The lowest BCUT2D eigenvalue weighted by Gasteiger charge is -2.02. The molecule has 1 heteroatoms. The maximum Gasteiger partial charge on any atom is 0.0208 e. The molecule has 0 amide bonds. The topological polar surface area (TPSA) is 0 Å². The molecule has 0 nitrogen and oxygen atoms in total.